The van der Waals surface area contributed by atoms with E-state index in [1.807, 2.05) is 0 Å². The van der Waals surface area contributed by atoms with E-state index in [0.717, 1.165) is 6.92 Å². The van der Waals surface area contributed by atoms with Crippen molar-refractivity contribution >= 4 is 11.8 Å². The molecule has 0 aromatic carbocycles. The summed E-state index contributed by atoms with van der Waals surface area (Å²) < 4.78 is 4.70. The highest BCUT2D eigenvalue weighted by atomic mass is 16.5. The van der Waals surface area contributed by atoms with Crippen molar-refractivity contribution in [3.8, 4) is 0 Å². The molecule has 0 heterocycles. The van der Waals surface area contributed by atoms with E-state index in [4.69, 9.17) is 14.9 Å². The van der Waals surface area contributed by atoms with Gasteiger partial charge < -0.3 is 14.9 Å². The second-order valence-electron chi connectivity index (χ2n) is 2.28. The van der Waals surface area contributed by atoms with Crippen molar-refractivity contribution in [3.63, 3.8) is 0 Å². The van der Waals surface area contributed by atoms with Gasteiger partial charge in [-0.2, -0.15) is 0 Å². The molecule has 0 aromatic heterocycles. The second-order valence-corrected chi connectivity index (χ2v) is 2.28. The van der Waals surface area contributed by atoms with E-state index in [9.17, 15) is 9.59 Å². The van der Waals surface area contributed by atoms with Crippen LogP contribution >= 0.6 is 0 Å². The third-order valence-corrected chi connectivity index (χ3v) is 1.18. The third kappa shape index (κ3) is 4.05. The molecule has 5 nitrogen and oxygen atoms in total. The van der Waals surface area contributed by atoms with Gasteiger partial charge in [-0.25, -0.2) is 4.79 Å². The molecule has 1 unspecified atom stereocenters. The number of hydrogen-bond donors (Lipinski definition) is 2. The molecule has 0 aliphatic rings. The Labute approximate surface area is 70.0 Å². The first-order valence-corrected chi connectivity index (χ1v) is 3.55. The fourth-order valence-corrected chi connectivity index (χ4v) is 0.628. The van der Waals surface area contributed by atoms with Gasteiger partial charge in [-0.05, 0) is 13.3 Å². The molecule has 0 aliphatic heterocycles. The van der Waals surface area contributed by atoms with Crippen molar-refractivity contribution in [2.75, 3.05) is 13.2 Å². The summed E-state index contributed by atoms with van der Waals surface area (Å²) in [7, 11) is 0. The van der Waals surface area contributed by atoms with Crippen LogP contribution in [0.2, 0.25) is 0 Å². The van der Waals surface area contributed by atoms with Crippen molar-refractivity contribution in [3.05, 3.63) is 0 Å². The Morgan fingerprint density at radius 1 is 1.50 bits per heavy atom. The maximum atomic E-state index is 10.6. The molecule has 0 aliphatic carbocycles. The zero-order chi connectivity index (χ0) is 9.56. The number of ketones is 1. The standard InChI is InChI=1S/C7H12O5/c1-5(9)6(7(10)11)12-4-2-3-8/h6,8H,2-4H2,1H3,(H,10,11). The largest absolute Gasteiger partial charge is 0.479 e. The van der Waals surface area contributed by atoms with Crippen molar-refractivity contribution in [2.45, 2.75) is 19.4 Å². The number of Topliss-reactive ketones (excluding diaryl/α,β-unsaturated/α-hetero) is 1. The Morgan fingerprint density at radius 2 is 2.08 bits per heavy atom. The lowest BCUT2D eigenvalue weighted by atomic mass is 10.2. The van der Waals surface area contributed by atoms with Crippen LogP contribution in [0.1, 0.15) is 13.3 Å². The van der Waals surface area contributed by atoms with E-state index >= 15 is 0 Å². The predicted molar refractivity (Wildman–Crippen MR) is 39.8 cm³/mol. The average Bonchev–Trinajstić information content (AvgIpc) is 1.96. The molecule has 0 saturated heterocycles. The molecule has 5 heteroatoms. The van der Waals surface area contributed by atoms with Crippen LogP contribution < -0.4 is 0 Å². The van der Waals surface area contributed by atoms with Crippen molar-refractivity contribution in [2.24, 2.45) is 0 Å². The molecule has 0 aromatic rings. The van der Waals surface area contributed by atoms with Gasteiger partial charge in [-0.1, -0.05) is 0 Å². The zero-order valence-electron chi connectivity index (χ0n) is 6.82. The first kappa shape index (κ1) is 11.1. The number of aliphatic hydroxyl groups excluding tert-OH is 1. The molecule has 1 atom stereocenters. The van der Waals surface area contributed by atoms with Gasteiger partial charge in [-0.3, -0.25) is 4.79 Å². The number of carboxylic acids is 1. The normalized spacial score (nSPS) is 12.5. The summed E-state index contributed by atoms with van der Waals surface area (Å²) in [5, 5.41) is 16.8. The first-order chi connectivity index (χ1) is 5.59. The number of carbonyl (C=O) groups is 2. The van der Waals surface area contributed by atoms with Crippen LogP contribution in [0.5, 0.6) is 0 Å². The van der Waals surface area contributed by atoms with E-state index < -0.39 is 17.9 Å². The number of rotatable bonds is 6. The van der Waals surface area contributed by atoms with E-state index in [0.29, 0.717) is 6.42 Å². The maximum absolute atomic E-state index is 10.6. The minimum absolute atomic E-state index is 0.0764. The summed E-state index contributed by atoms with van der Waals surface area (Å²) in [6.07, 6.45) is -1.06. The minimum Gasteiger partial charge on any atom is -0.479 e. The summed E-state index contributed by atoms with van der Waals surface area (Å²) in [5.74, 6) is -1.83. The SMILES string of the molecule is CC(=O)C(OCCCO)C(=O)O. The molecule has 0 fully saturated rings. The zero-order valence-corrected chi connectivity index (χ0v) is 6.82. The van der Waals surface area contributed by atoms with Crippen LogP contribution in [0.3, 0.4) is 0 Å². The minimum atomic E-state index is -1.39. The first-order valence-electron chi connectivity index (χ1n) is 3.55. The highest BCUT2D eigenvalue weighted by Gasteiger charge is 2.22. The van der Waals surface area contributed by atoms with E-state index in [1.54, 1.807) is 0 Å². The van der Waals surface area contributed by atoms with Gasteiger partial charge in [0.25, 0.3) is 0 Å². The molecular weight excluding hydrogens is 164 g/mol. The molecule has 70 valence electrons. The molecule has 0 saturated carbocycles. The summed E-state index contributed by atoms with van der Waals surface area (Å²) >= 11 is 0. The van der Waals surface area contributed by atoms with Crippen molar-refractivity contribution < 1.29 is 24.5 Å². The van der Waals surface area contributed by atoms with Gasteiger partial charge in [0.05, 0.1) is 6.61 Å². The fourth-order valence-electron chi connectivity index (χ4n) is 0.628. The van der Waals surface area contributed by atoms with Gasteiger partial charge >= 0.3 is 5.97 Å². The smallest absolute Gasteiger partial charge is 0.340 e. The highest BCUT2D eigenvalue weighted by molar-refractivity contribution is 5.99. The summed E-state index contributed by atoms with van der Waals surface area (Å²) in [5.41, 5.74) is 0. The molecule has 0 amide bonds. The summed E-state index contributed by atoms with van der Waals surface area (Å²) in [4.78, 5) is 20.9. The number of aliphatic carboxylic acids is 1. The summed E-state index contributed by atoms with van der Waals surface area (Å²) in [6.45, 7) is 1.15. The molecular formula is C7H12O5. The van der Waals surface area contributed by atoms with Gasteiger partial charge in [0, 0.05) is 6.61 Å². The van der Waals surface area contributed by atoms with Crippen LogP contribution in [-0.2, 0) is 14.3 Å². The number of aliphatic hydroxyl groups is 1. The number of carbonyl (C=O) groups excluding carboxylic acids is 1. The van der Waals surface area contributed by atoms with Crippen LogP contribution in [0, 0.1) is 0 Å². The lowest BCUT2D eigenvalue weighted by Gasteiger charge is -2.08. The van der Waals surface area contributed by atoms with Crippen LogP contribution in [0.25, 0.3) is 0 Å². The van der Waals surface area contributed by atoms with Gasteiger partial charge in [0.1, 0.15) is 0 Å². The topological polar surface area (TPSA) is 83.8 Å². The average molecular weight is 176 g/mol. The van der Waals surface area contributed by atoms with Crippen LogP contribution in [0.15, 0.2) is 0 Å². The van der Waals surface area contributed by atoms with Crippen LogP contribution in [-0.4, -0.2) is 41.3 Å². The lowest BCUT2D eigenvalue weighted by Crippen LogP contribution is -2.31. The Morgan fingerprint density at radius 3 is 2.42 bits per heavy atom. The highest BCUT2D eigenvalue weighted by Crippen LogP contribution is 1.95. The Hall–Kier alpha value is -0.940. The van der Waals surface area contributed by atoms with Gasteiger partial charge in [-0.15, -0.1) is 0 Å². The van der Waals surface area contributed by atoms with Crippen molar-refractivity contribution in [1.29, 1.82) is 0 Å². The third-order valence-electron chi connectivity index (χ3n) is 1.18. The maximum Gasteiger partial charge on any atom is 0.340 e. The van der Waals surface area contributed by atoms with E-state index in [2.05, 4.69) is 0 Å². The van der Waals surface area contributed by atoms with E-state index in [1.165, 1.54) is 0 Å². The number of carboxylic acid groups (broad SMARTS) is 1. The lowest BCUT2D eigenvalue weighted by molar-refractivity contribution is -0.155. The molecule has 0 spiro atoms. The Balaban J connectivity index is 3.80. The Bertz CT molecular complexity index is 151. The van der Waals surface area contributed by atoms with Gasteiger partial charge in [0.15, 0.2) is 5.78 Å². The molecule has 0 rings (SSSR count). The summed E-state index contributed by atoms with van der Waals surface area (Å²) in [6, 6.07) is 0. The fraction of sp³-hybridized carbons (Fsp3) is 0.714. The number of hydrogen-bond acceptors (Lipinski definition) is 4. The molecule has 12 heavy (non-hydrogen) atoms. The predicted octanol–water partition coefficient (Wildman–Crippen LogP) is -0.572. The number of ether oxygens (including phenoxy) is 1. The molecule has 0 bridgehead atoms. The second kappa shape index (κ2) is 5.68. The quantitative estimate of drug-likeness (QED) is 0.418. The molecule has 2 N–H and O–H groups in total. The Kier molecular flexibility index (Phi) is 5.23. The van der Waals surface area contributed by atoms with Gasteiger partial charge in [0.2, 0.25) is 6.10 Å². The van der Waals surface area contributed by atoms with E-state index in [-0.39, 0.29) is 13.2 Å². The molecule has 0 radical (unpaired) electrons. The monoisotopic (exact) mass is 176 g/mol. The van der Waals surface area contributed by atoms with Crippen molar-refractivity contribution in [1.82, 2.24) is 0 Å². The van der Waals surface area contributed by atoms with Crippen LogP contribution in [0.4, 0.5) is 0 Å².